The van der Waals surface area contributed by atoms with E-state index in [1.807, 2.05) is 22.8 Å². The molecule has 1 aliphatic carbocycles. The van der Waals surface area contributed by atoms with E-state index >= 15 is 0 Å². The van der Waals surface area contributed by atoms with E-state index in [9.17, 15) is 9.59 Å². The number of fused-ring (bicyclic) bond motifs is 4. The maximum atomic E-state index is 13.1. The van der Waals surface area contributed by atoms with E-state index in [-0.39, 0.29) is 17.4 Å². The summed E-state index contributed by atoms with van der Waals surface area (Å²) in [6.07, 6.45) is 8.42. The van der Waals surface area contributed by atoms with Gasteiger partial charge in [0, 0.05) is 48.8 Å². The van der Waals surface area contributed by atoms with Gasteiger partial charge in [0.1, 0.15) is 5.76 Å². The van der Waals surface area contributed by atoms with Gasteiger partial charge in [0.25, 0.3) is 5.56 Å². The van der Waals surface area contributed by atoms with Gasteiger partial charge in [0.15, 0.2) is 0 Å². The third-order valence-corrected chi connectivity index (χ3v) is 6.64. The van der Waals surface area contributed by atoms with Crippen LogP contribution in [0.2, 0.25) is 0 Å². The number of amides is 1. The van der Waals surface area contributed by atoms with Gasteiger partial charge in [-0.2, -0.15) is 0 Å². The molecule has 2 bridgehead atoms. The van der Waals surface area contributed by atoms with Crippen LogP contribution in [-0.2, 0) is 11.3 Å². The lowest BCUT2D eigenvalue weighted by atomic mass is 9.80. The van der Waals surface area contributed by atoms with Gasteiger partial charge >= 0.3 is 0 Å². The van der Waals surface area contributed by atoms with Crippen molar-refractivity contribution in [2.24, 2.45) is 11.8 Å². The van der Waals surface area contributed by atoms with Crippen molar-refractivity contribution < 1.29 is 9.21 Å². The number of carbonyl (C=O) groups is 1. The molecule has 3 aliphatic rings. The Kier molecular flexibility index (Phi) is 4.18. The molecule has 5 heteroatoms. The van der Waals surface area contributed by atoms with E-state index in [0.29, 0.717) is 18.4 Å². The summed E-state index contributed by atoms with van der Waals surface area (Å²) in [5.41, 5.74) is 2.10. The number of furan rings is 1. The summed E-state index contributed by atoms with van der Waals surface area (Å²) in [4.78, 5) is 27.7. The van der Waals surface area contributed by atoms with Crippen LogP contribution in [0.25, 0.3) is 11.3 Å². The molecule has 27 heavy (non-hydrogen) atoms. The second-order valence-electron chi connectivity index (χ2n) is 8.44. The van der Waals surface area contributed by atoms with Crippen molar-refractivity contribution in [3.63, 3.8) is 0 Å². The Morgan fingerprint density at radius 2 is 1.89 bits per heavy atom. The van der Waals surface area contributed by atoms with Crippen molar-refractivity contribution in [2.75, 3.05) is 13.1 Å². The highest BCUT2D eigenvalue weighted by atomic mass is 16.3. The highest BCUT2D eigenvalue weighted by Crippen LogP contribution is 2.40. The zero-order valence-corrected chi connectivity index (χ0v) is 15.6. The van der Waals surface area contributed by atoms with E-state index in [1.54, 1.807) is 12.3 Å². The van der Waals surface area contributed by atoms with Crippen LogP contribution in [0.15, 0.2) is 39.7 Å². The molecule has 1 amide bonds. The van der Waals surface area contributed by atoms with E-state index < -0.39 is 0 Å². The van der Waals surface area contributed by atoms with E-state index in [2.05, 4.69) is 4.90 Å². The number of aromatic nitrogens is 1. The highest BCUT2D eigenvalue weighted by molar-refractivity contribution is 5.79. The van der Waals surface area contributed by atoms with Crippen LogP contribution in [0, 0.1) is 11.8 Å². The number of likely N-dealkylation sites (tertiary alicyclic amines) is 1. The quantitative estimate of drug-likeness (QED) is 0.815. The van der Waals surface area contributed by atoms with Gasteiger partial charge in [-0.3, -0.25) is 9.59 Å². The van der Waals surface area contributed by atoms with Crippen molar-refractivity contribution in [1.29, 1.82) is 0 Å². The summed E-state index contributed by atoms with van der Waals surface area (Å²) in [6, 6.07) is 7.35. The zero-order valence-electron chi connectivity index (χ0n) is 15.6. The van der Waals surface area contributed by atoms with Crippen molar-refractivity contribution in [2.45, 2.75) is 51.0 Å². The topological polar surface area (TPSA) is 55.5 Å². The second-order valence-corrected chi connectivity index (χ2v) is 8.44. The van der Waals surface area contributed by atoms with Gasteiger partial charge in [-0.05, 0) is 43.4 Å². The first kappa shape index (κ1) is 16.8. The molecule has 0 aromatic carbocycles. The summed E-state index contributed by atoms with van der Waals surface area (Å²) in [5.74, 6) is 1.93. The molecule has 2 unspecified atom stereocenters. The Morgan fingerprint density at radius 1 is 1.04 bits per heavy atom. The third-order valence-electron chi connectivity index (χ3n) is 6.64. The van der Waals surface area contributed by atoms with Crippen molar-refractivity contribution >= 4 is 5.91 Å². The lowest BCUT2D eigenvalue weighted by Gasteiger charge is -2.44. The molecule has 5 rings (SSSR count). The van der Waals surface area contributed by atoms with Crippen LogP contribution >= 0.6 is 0 Å². The average molecular weight is 366 g/mol. The van der Waals surface area contributed by atoms with Gasteiger partial charge in [-0.25, -0.2) is 0 Å². The normalized spacial score (nSPS) is 25.3. The van der Waals surface area contributed by atoms with Crippen LogP contribution in [0.4, 0.5) is 0 Å². The van der Waals surface area contributed by atoms with Gasteiger partial charge < -0.3 is 13.9 Å². The van der Waals surface area contributed by atoms with E-state index in [4.69, 9.17) is 4.42 Å². The summed E-state index contributed by atoms with van der Waals surface area (Å²) in [7, 11) is 0. The summed E-state index contributed by atoms with van der Waals surface area (Å²) in [6.45, 7) is 2.22. The van der Waals surface area contributed by atoms with E-state index in [0.717, 1.165) is 49.4 Å². The first-order chi connectivity index (χ1) is 13.2. The third kappa shape index (κ3) is 2.93. The van der Waals surface area contributed by atoms with Crippen molar-refractivity contribution in [3.8, 4) is 11.3 Å². The molecule has 0 radical (unpaired) electrons. The molecule has 2 fully saturated rings. The number of rotatable bonds is 2. The van der Waals surface area contributed by atoms with E-state index in [1.165, 1.54) is 19.3 Å². The molecule has 0 spiro atoms. The fraction of sp³-hybridized carbons (Fsp3) is 0.545. The minimum Gasteiger partial charge on any atom is -0.464 e. The zero-order chi connectivity index (χ0) is 18.4. The standard InChI is InChI=1S/C22H26N2O3/c25-20-9-8-18(19-7-4-10-27-19)21-17-11-15(13-24(20)21)12-23(14-17)22(26)16-5-2-1-3-6-16/h4,7-10,15-17H,1-3,5-6,11-14H2. The molecular formula is C22H26N2O3. The molecule has 142 valence electrons. The lowest BCUT2D eigenvalue weighted by Crippen LogP contribution is -2.51. The predicted molar refractivity (Wildman–Crippen MR) is 102 cm³/mol. The van der Waals surface area contributed by atoms with Crippen LogP contribution in [0.5, 0.6) is 0 Å². The van der Waals surface area contributed by atoms with Crippen LogP contribution in [-0.4, -0.2) is 28.5 Å². The number of hydrogen-bond acceptors (Lipinski definition) is 3. The van der Waals surface area contributed by atoms with Gasteiger partial charge in [0.05, 0.1) is 6.26 Å². The minimum absolute atomic E-state index is 0.0575. The van der Waals surface area contributed by atoms with Gasteiger partial charge in [0.2, 0.25) is 5.91 Å². The predicted octanol–water partition coefficient (Wildman–Crippen LogP) is 3.63. The van der Waals surface area contributed by atoms with Crippen LogP contribution < -0.4 is 5.56 Å². The first-order valence-corrected chi connectivity index (χ1v) is 10.3. The van der Waals surface area contributed by atoms with Crippen LogP contribution in [0.3, 0.4) is 0 Å². The number of nitrogens with zero attached hydrogens (tertiary/aromatic N) is 2. The van der Waals surface area contributed by atoms with Gasteiger partial charge in [-0.15, -0.1) is 0 Å². The number of pyridine rings is 1. The van der Waals surface area contributed by atoms with Crippen molar-refractivity contribution in [3.05, 3.63) is 46.6 Å². The maximum absolute atomic E-state index is 13.1. The van der Waals surface area contributed by atoms with Crippen molar-refractivity contribution in [1.82, 2.24) is 9.47 Å². The Bertz CT molecular complexity index is 893. The molecular weight excluding hydrogens is 340 g/mol. The van der Waals surface area contributed by atoms with Gasteiger partial charge in [-0.1, -0.05) is 19.3 Å². The highest BCUT2D eigenvalue weighted by Gasteiger charge is 2.39. The smallest absolute Gasteiger partial charge is 0.250 e. The molecule has 4 heterocycles. The molecule has 2 atom stereocenters. The summed E-state index contributed by atoms with van der Waals surface area (Å²) >= 11 is 0. The molecule has 1 saturated carbocycles. The fourth-order valence-electron chi connectivity index (χ4n) is 5.44. The largest absolute Gasteiger partial charge is 0.464 e. The number of piperidine rings is 1. The molecule has 2 aliphatic heterocycles. The Morgan fingerprint density at radius 3 is 2.67 bits per heavy atom. The SMILES string of the molecule is O=C(C1CCCCC1)N1CC2CC(C1)c1c(-c3ccco3)ccc(=O)n1C2. The Labute approximate surface area is 159 Å². The number of carbonyl (C=O) groups excluding carboxylic acids is 1. The summed E-state index contributed by atoms with van der Waals surface area (Å²) < 4.78 is 7.57. The fourth-order valence-corrected chi connectivity index (χ4v) is 5.44. The molecule has 2 aromatic rings. The number of hydrogen-bond donors (Lipinski definition) is 0. The van der Waals surface area contributed by atoms with Crippen LogP contribution in [0.1, 0.15) is 50.1 Å². The minimum atomic E-state index is 0.0575. The Balaban J connectivity index is 1.49. The monoisotopic (exact) mass is 366 g/mol. The molecule has 0 N–H and O–H groups in total. The molecule has 1 saturated heterocycles. The molecule has 2 aromatic heterocycles. The average Bonchev–Trinajstić information content (AvgIpc) is 3.23. The lowest BCUT2D eigenvalue weighted by molar-refractivity contribution is -0.139. The Hall–Kier alpha value is -2.30. The summed E-state index contributed by atoms with van der Waals surface area (Å²) in [5, 5.41) is 0. The first-order valence-electron chi connectivity index (χ1n) is 10.3. The maximum Gasteiger partial charge on any atom is 0.250 e. The second kappa shape index (κ2) is 6.70. The molecule has 5 nitrogen and oxygen atoms in total.